The second-order valence-corrected chi connectivity index (χ2v) is 16.0. The van der Waals surface area contributed by atoms with Crippen LogP contribution in [-0.2, 0) is 0 Å². The van der Waals surface area contributed by atoms with Crippen LogP contribution in [0.25, 0.3) is 111 Å². The minimum atomic E-state index is 0.712. The molecule has 0 aliphatic heterocycles. The number of aromatic nitrogens is 4. The van der Waals surface area contributed by atoms with Crippen molar-refractivity contribution >= 4 is 60.1 Å². The van der Waals surface area contributed by atoms with Crippen LogP contribution < -0.4 is 0 Å². The van der Waals surface area contributed by atoms with Crippen LogP contribution in [0.5, 0.6) is 0 Å². The first-order chi connectivity index (χ1) is 29.8. The molecule has 0 unspecified atom stereocenters. The van der Waals surface area contributed by atoms with Gasteiger partial charge >= 0.3 is 0 Å². The molecular weight excluding hydrogens is 729 g/mol. The molecule has 60 heavy (non-hydrogen) atoms. The molecule has 0 N–H and O–H groups in total. The second kappa shape index (κ2) is 14.1. The Kier molecular flexibility index (Phi) is 8.09. The van der Waals surface area contributed by atoms with Crippen molar-refractivity contribution in [3.8, 4) is 50.7 Å². The van der Waals surface area contributed by atoms with Crippen molar-refractivity contribution in [2.45, 2.75) is 25.7 Å². The van der Waals surface area contributed by atoms with E-state index in [0.717, 1.165) is 46.6 Å². The van der Waals surface area contributed by atoms with Gasteiger partial charge in [-0.2, -0.15) is 0 Å². The standard InChI is InChI=1S/C56H40N4/c1-3-16-39(17-4-1)56-57-49(36-50(58-56)45-25-13-18-37-15-7-8-21-43(37)45)38-29-32-42(33-30-38)60-52-27-12-10-23-47(52)55-44(24-14-28-54(55)60)40-31-34-53-48(35-40)46-22-9-11-26-51(46)59(53)41-19-5-2-6-20-41/h1,3-4,7-19,21-36H,2,5-6,20H2. The maximum Gasteiger partial charge on any atom is 0.160 e. The highest BCUT2D eigenvalue weighted by Crippen LogP contribution is 2.42. The summed E-state index contributed by atoms with van der Waals surface area (Å²) in [5.74, 6) is 0.712. The fourth-order valence-electron chi connectivity index (χ4n) is 9.69. The molecular formula is C56H40N4. The van der Waals surface area contributed by atoms with Crippen LogP contribution >= 0.6 is 0 Å². The van der Waals surface area contributed by atoms with Crippen molar-refractivity contribution in [3.05, 3.63) is 194 Å². The Morgan fingerprint density at radius 1 is 0.400 bits per heavy atom. The lowest BCUT2D eigenvalue weighted by atomic mass is 9.98. The van der Waals surface area contributed by atoms with Gasteiger partial charge in [-0.25, -0.2) is 9.97 Å². The highest BCUT2D eigenvalue weighted by molar-refractivity contribution is 6.17. The Bertz CT molecular complexity index is 3470. The Balaban J connectivity index is 0.990. The number of rotatable bonds is 6. The fourth-order valence-corrected chi connectivity index (χ4v) is 9.69. The third-order valence-electron chi connectivity index (χ3n) is 12.5. The van der Waals surface area contributed by atoms with E-state index in [-0.39, 0.29) is 0 Å². The lowest BCUT2D eigenvalue weighted by molar-refractivity contribution is 0.724. The number of para-hydroxylation sites is 2. The largest absolute Gasteiger partial charge is 0.313 e. The lowest BCUT2D eigenvalue weighted by Gasteiger charge is -2.16. The van der Waals surface area contributed by atoms with E-state index >= 15 is 0 Å². The van der Waals surface area contributed by atoms with Crippen molar-refractivity contribution in [1.82, 2.24) is 19.1 Å². The topological polar surface area (TPSA) is 35.6 Å². The van der Waals surface area contributed by atoms with Crippen molar-refractivity contribution in [2.75, 3.05) is 0 Å². The van der Waals surface area contributed by atoms with Gasteiger partial charge in [0.25, 0.3) is 0 Å². The van der Waals surface area contributed by atoms with E-state index in [2.05, 4.69) is 185 Å². The molecule has 0 atom stereocenters. The summed E-state index contributed by atoms with van der Waals surface area (Å²) in [6.45, 7) is 0. The minimum absolute atomic E-state index is 0.712. The van der Waals surface area contributed by atoms with Gasteiger partial charge in [0, 0.05) is 49.6 Å². The van der Waals surface area contributed by atoms with E-state index in [1.54, 1.807) is 0 Å². The van der Waals surface area contributed by atoms with Crippen LogP contribution in [0, 0.1) is 0 Å². The smallest absolute Gasteiger partial charge is 0.160 e. The van der Waals surface area contributed by atoms with Crippen molar-refractivity contribution in [1.29, 1.82) is 0 Å². The van der Waals surface area contributed by atoms with Gasteiger partial charge in [-0.1, -0.05) is 146 Å². The molecule has 3 aromatic heterocycles. The lowest BCUT2D eigenvalue weighted by Crippen LogP contribution is -2.00. The van der Waals surface area contributed by atoms with Crippen LogP contribution in [0.15, 0.2) is 194 Å². The molecule has 0 bridgehead atoms. The van der Waals surface area contributed by atoms with Crippen LogP contribution in [0.2, 0.25) is 0 Å². The van der Waals surface area contributed by atoms with Gasteiger partial charge in [-0.3, -0.25) is 0 Å². The normalized spacial score (nSPS) is 13.2. The zero-order valence-corrected chi connectivity index (χ0v) is 33.1. The highest BCUT2D eigenvalue weighted by atomic mass is 15.0. The molecule has 0 fully saturated rings. The summed E-state index contributed by atoms with van der Waals surface area (Å²) < 4.78 is 4.92. The molecule has 1 aliphatic rings. The van der Waals surface area contributed by atoms with Gasteiger partial charge in [0.1, 0.15) is 0 Å². The van der Waals surface area contributed by atoms with Gasteiger partial charge in [0.15, 0.2) is 5.82 Å². The predicted octanol–water partition coefficient (Wildman–Crippen LogP) is 14.9. The zero-order chi connectivity index (χ0) is 39.6. The molecule has 4 heteroatoms. The quantitative estimate of drug-likeness (QED) is 0.169. The van der Waals surface area contributed by atoms with Crippen LogP contribution in [0.1, 0.15) is 25.7 Å². The summed E-state index contributed by atoms with van der Waals surface area (Å²) in [7, 11) is 0. The first-order valence-corrected chi connectivity index (χ1v) is 21.1. The summed E-state index contributed by atoms with van der Waals surface area (Å²) in [5, 5.41) is 7.47. The number of allylic oxidation sites excluding steroid dienone is 2. The van der Waals surface area contributed by atoms with E-state index in [1.807, 2.05) is 18.2 Å². The zero-order valence-electron chi connectivity index (χ0n) is 33.1. The molecule has 3 heterocycles. The van der Waals surface area contributed by atoms with Crippen LogP contribution in [0.3, 0.4) is 0 Å². The van der Waals surface area contributed by atoms with E-state index in [0.29, 0.717) is 5.82 Å². The van der Waals surface area contributed by atoms with Gasteiger partial charge in [0.05, 0.1) is 33.5 Å². The van der Waals surface area contributed by atoms with Gasteiger partial charge in [-0.15, -0.1) is 0 Å². The van der Waals surface area contributed by atoms with Crippen molar-refractivity contribution in [3.63, 3.8) is 0 Å². The summed E-state index contributed by atoms with van der Waals surface area (Å²) in [6, 6.07) is 67.8. The fraction of sp³-hybridized carbons (Fsp3) is 0.0714. The van der Waals surface area contributed by atoms with Gasteiger partial charge in [-0.05, 0) is 96.1 Å². The molecule has 0 amide bonds. The molecule has 0 saturated heterocycles. The Labute approximate surface area is 348 Å². The SMILES string of the molecule is C1=C(n2c3ccccc3c3cc(-c4cccc5c4c4ccccc4n5-c4ccc(-c5cc(-c6cccc7ccccc67)nc(-c6ccccc6)n5)cc4)ccc32)CCCC1. The summed E-state index contributed by atoms with van der Waals surface area (Å²) in [6.07, 6.45) is 7.24. The van der Waals surface area contributed by atoms with E-state index in [9.17, 15) is 0 Å². The molecule has 284 valence electrons. The molecule has 0 spiro atoms. The predicted molar refractivity (Wildman–Crippen MR) is 251 cm³/mol. The van der Waals surface area contributed by atoms with E-state index in [4.69, 9.17) is 9.97 Å². The molecule has 11 aromatic rings. The van der Waals surface area contributed by atoms with Crippen molar-refractivity contribution in [2.24, 2.45) is 0 Å². The number of fused-ring (bicyclic) bond motifs is 7. The average Bonchev–Trinajstić information content (AvgIpc) is 3.84. The van der Waals surface area contributed by atoms with Gasteiger partial charge < -0.3 is 9.13 Å². The minimum Gasteiger partial charge on any atom is -0.313 e. The molecule has 1 aliphatic carbocycles. The maximum atomic E-state index is 5.16. The number of hydrogen-bond donors (Lipinski definition) is 0. The average molecular weight is 769 g/mol. The highest BCUT2D eigenvalue weighted by Gasteiger charge is 2.20. The third kappa shape index (κ3) is 5.60. The maximum absolute atomic E-state index is 5.16. The molecule has 4 nitrogen and oxygen atoms in total. The molecule has 0 saturated carbocycles. The summed E-state index contributed by atoms with van der Waals surface area (Å²) in [5.41, 5.74) is 14.9. The monoisotopic (exact) mass is 768 g/mol. The van der Waals surface area contributed by atoms with E-state index < -0.39 is 0 Å². The Morgan fingerprint density at radius 3 is 1.88 bits per heavy atom. The Hall–Kier alpha value is -7.56. The Morgan fingerprint density at radius 2 is 1.05 bits per heavy atom. The van der Waals surface area contributed by atoms with E-state index in [1.165, 1.54) is 84.0 Å². The number of benzene rings is 8. The molecule has 8 aromatic carbocycles. The first-order valence-electron chi connectivity index (χ1n) is 21.1. The number of nitrogens with zero attached hydrogens (tertiary/aromatic N) is 4. The summed E-state index contributed by atoms with van der Waals surface area (Å²) >= 11 is 0. The number of hydrogen-bond acceptors (Lipinski definition) is 2. The van der Waals surface area contributed by atoms with Crippen molar-refractivity contribution < 1.29 is 0 Å². The first kappa shape index (κ1) is 34.5. The van der Waals surface area contributed by atoms with Crippen LogP contribution in [0.4, 0.5) is 0 Å². The van der Waals surface area contributed by atoms with Gasteiger partial charge in [0.2, 0.25) is 0 Å². The second-order valence-electron chi connectivity index (χ2n) is 16.0. The third-order valence-corrected chi connectivity index (χ3v) is 12.5. The molecule has 12 rings (SSSR count). The molecule has 0 radical (unpaired) electrons. The summed E-state index contributed by atoms with van der Waals surface area (Å²) in [4.78, 5) is 10.3. The van der Waals surface area contributed by atoms with Crippen LogP contribution in [-0.4, -0.2) is 19.1 Å².